The van der Waals surface area contributed by atoms with E-state index in [4.69, 9.17) is 5.11 Å². The molecule has 1 aliphatic rings. The summed E-state index contributed by atoms with van der Waals surface area (Å²) in [5.41, 5.74) is 2.49. The Hall–Kier alpha value is -1.02. The highest BCUT2D eigenvalue weighted by Gasteiger charge is 2.23. The molecular formula is C12H19NO. The van der Waals surface area contributed by atoms with Crippen LogP contribution in [0.3, 0.4) is 0 Å². The average Bonchev–Trinajstić information content (AvgIpc) is 2.18. The lowest BCUT2D eigenvalue weighted by atomic mass is 10.1. The van der Waals surface area contributed by atoms with Gasteiger partial charge in [-0.05, 0) is 19.1 Å². The fourth-order valence-electron chi connectivity index (χ4n) is 1.42. The molecule has 0 unspecified atom stereocenters. The Morgan fingerprint density at radius 1 is 1.14 bits per heavy atom. The Bertz CT molecular complexity index is 262. The monoisotopic (exact) mass is 193 g/mol. The average molecular weight is 193 g/mol. The van der Waals surface area contributed by atoms with Crippen molar-refractivity contribution in [3.05, 3.63) is 29.8 Å². The first-order valence-corrected chi connectivity index (χ1v) is 5.25. The smallest absolute Gasteiger partial charge is 0.0889 e. The number of β-amino-alcohol motifs (C(OH)–C–C–N with tert-alkyl or cyclic N) is 1. The number of aryl methyl sites for hydroxylation is 1. The third-order valence-electron chi connectivity index (χ3n) is 2.26. The topological polar surface area (TPSA) is 23.5 Å². The second-order valence-corrected chi connectivity index (χ2v) is 3.39. The number of hydrogen-bond donors (Lipinski definition) is 1. The first kappa shape index (κ1) is 11.1. The van der Waals surface area contributed by atoms with Gasteiger partial charge >= 0.3 is 0 Å². The van der Waals surface area contributed by atoms with Crippen LogP contribution in [0.2, 0.25) is 0 Å². The molecule has 0 saturated carbocycles. The first-order valence-electron chi connectivity index (χ1n) is 5.25. The molecule has 2 heteroatoms. The molecular weight excluding hydrogens is 174 g/mol. The lowest BCUT2D eigenvalue weighted by molar-refractivity contribution is 0.142. The largest absolute Gasteiger partial charge is 0.389 e. The molecule has 0 aromatic heterocycles. The zero-order chi connectivity index (χ0) is 10.6. The second kappa shape index (κ2) is 5.01. The first-order chi connectivity index (χ1) is 6.75. The van der Waals surface area contributed by atoms with Crippen LogP contribution in [0.25, 0.3) is 0 Å². The third kappa shape index (κ3) is 2.48. The van der Waals surface area contributed by atoms with Gasteiger partial charge in [0, 0.05) is 18.8 Å². The van der Waals surface area contributed by atoms with E-state index < -0.39 is 0 Å². The molecule has 1 aliphatic heterocycles. The summed E-state index contributed by atoms with van der Waals surface area (Å²) >= 11 is 0. The molecule has 1 heterocycles. The maximum absolute atomic E-state index is 9.09. The van der Waals surface area contributed by atoms with E-state index in [0.717, 1.165) is 13.1 Å². The Labute approximate surface area is 86.2 Å². The van der Waals surface area contributed by atoms with Crippen LogP contribution in [0.15, 0.2) is 24.3 Å². The zero-order valence-electron chi connectivity index (χ0n) is 9.20. The normalized spacial score (nSPS) is 15.6. The van der Waals surface area contributed by atoms with Gasteiger partial charge in [-0.25, -0.2) is 0 Å². The maximum atomic E-state index is 9.09. The van der Waals surface area contributed by atoms with Crippen LogP contribution >= 0.6 is 0 Å². The molecule has 0 bridgehead atoms. The number of hydrogen-bond acceptors (Lipinski definition) is 2. The molecule has 2 nitrogen and oxygen atoms in total. The highest BCUT2D eigenvalue weighted by molar-refractivity contribution is 5.49. The number of rotatable bonds is 1. The van der Waals surface area contributed by atoms with E-state index in [-0.39, 0.29) is 6.10 Å². The van der Waals surface area contributed by atoms with E-state index >= 15 is 0 Å². The summed E-state index contributed by atoms with van der Waals surface area (Å²) in [5, 5.41) is 9.09. The maximum Gasteiger partial charge on any atom is 0.0889 e. The molecule has 0 amide bonds. The van der Waals surface area contributed by atoms with Gasteiger partial charge in [0.2, 0.25) is 0 Å². The van der Waals surface area contributed by atoms with Crippen molar-refractivity contribution < 1.29 is 5.11 Å². The predicted molar refractivity (Wildman–Crippen MR) is 60.7 cm³/mol. The molecule has 1 aromatic carbocycles. The van der Waals surface area contributed by atoms with Gasteiger partial charge in [0.1, 0.15) is 0 Å². The molecule has 0 atom stereocenters. The molecule has 0 radical (unpaired) electrons. The summed E-state index contributed by atoms with van der Waals surface area (Å²) in [7, 11) is 0. The van der Waals surface area contributed by atoms with Crippen LogP contribution in [0.1, 0.15) is 19.4 Å². The zero-order valence-corrected chi connectivity index (χ0v) is 9.20. The van der Waals surface area contributed by atoms with Crippen molar-refractivity contribution in [1.29, 1.82) is 0 Å². The van der Waals surface area contributed by atoms with Gasteiger partial charge in [-0.3, -0.25) is 0 Å². The Kier molecular flexibility index (Phi) is 3.96. The standard InChI is InChI=1S/C10H13NO.C2H6/c1-8-2-4-9(5-3-8)11-6-10(12)7-11;1-2/h2-5,10,12H,6-7H2,1H3;1-2H3. The molecule has 0 spiro atoms. The van der Waals surface area contributed by atoms with Gasteiger partial charge in [0.05, 0.1) is 6.10 Å². The van der Waals surface area contributed by atoms with Gasteiger partial charge < -0.3 is 10.0 Å². The van der Waals surface area contributed by atoms with Crippen LogP contribution < -0.4 is 4.90 Å². The van der Waals surface area contributed by atoms with E-state index in [9.17, 15) is 0 Å². The summed E-state index contributed by atoms with van der Waals surface area (Å²) in [6.07, 6.45) is -0.119. The van der Waals surface area contributed by atoms with Crippen molar-refractivity contribution >= 4 is 5.69 Å². The Morgan fingerprint density at radius 2 is 1.64 bits per heavy atom. The number of benzene rings is 1. The quantitative estimate of drug-likeness (QED) is 0.739. The van der Waals surface area contributed by atoms with Crippen molar-refractivity contribution in [2.75, 3.05) is 18.0 Å². The van der Waals surface area contributed by atoms with Crippen LogP contribution in [0.4, 0.5) is 5.69 Å². The minimum Gasteiger partial charge on any atom is -0.389 e. The summed E-state index contributed by atoms with van der Waals surface area (Å²) in [6, 6.07) is 8.39. The fourth-order valence-corrected chi connectivity index (χ4v) is 1.42. The fraction of sp³-hybridized carbons (Fsp3) is 0.500. The van der Waals surface area contributed by atoms with Gasteiger partial charge in [-0.2, -0.15) is 0 Å². The summed E-state index contributed by atoms with van der Waals surface area (Å²) < 4.78 is 0. The van der Waals surface area contributed by atoms with Crippen molar-refractivity contribution in [3.63, 3.8) is 0 Å². The minimum atomic E-state index is -0.119. The lowest BCUT2D eigenvalue weighted by Crippen LogP contribution is -2.50. The molecule has 0 aliphatic carbocycles. The molecule has 1 N–H and O–H groups in total. The Balaban J connectivity index is 0.000000461. The van der Waals surface area contributed by atoms with E-state index in [2.05, 4.69) is 36.1 Å². The van der Waals surface area contributed by atoms with Crippen LogP contribution in [0.5, 0.6) is 0 Å². The highest BCUT2D eigenvalue weighted by Crippen LogP contribution is 2.20. The lowest BCUT2D eigenvalue weighted by Gasteiger charge is -2.37. The van der Waals surface area contributed by atoms with Crippen molar-refractivity contribution in [2.24, 2.45) is 0 Å². The minimum absolute atomic E-state index is 0.119. The summed E-state index contributed by atoms with van der Waals surface area (Å²) in [5.74, 6) is 0. The number of anilines is 1. The van der Waals surface area contributed by atoms with Gasteiger partial charge in [-0.15, -0.1) is 0 Å². The number of aliphatic hydroxyl groups is 1. The molecule has 1 aromatic rings. The summed E-state index contributed by atoms with van der Waals surface area (Å²) in [4.78, 5) is 2.17. The summed E-state index contributed by atoms with van der Waals surface area (Å²) in [6.45, 7) is 7.64. The van der Waals surface area contributed by atoms with E-state index in [1.807, 2.05) is 13.8 Å². The molecule has 2 rings (SSSR count). The molecule has 1 fully saturated rings. The van der Waals surface area contributed by atoms with Crippen molar-refractivity contribution in [1.82, 2.24) is 0 Å². The SMILES string of the molecule is CC.Cc1ccc(N2CC(O)C2)cc1. The van der Waals surface area contributed by atoms with Crippen molar-refractivity contribution in [3.8, 4) is 0 Å². The van der Waals surface area contributed by atoms with Crippen molar-refractivity contribution in [2.45, 2.75) is 26.9 Å². The molecule has 78 valence electrons. The molecule has 1 saturated heterocycles. The number of aliphatic hydroxyl groups excluding tert-OH is 1. The Morgan fingerprint density at radius 3 is 2.07 bits per heavy atom. The van der Waals surface area contributed by atoms with Crippen LogP contribution in [-0.2, 0) is 0 Å². The third-order valence-corrected chi connectivity index (χ3v) is 2.26. The van der Waals surface area contributed by atoms with Gasteiger partial charge in [0.15, 0.2) is 0 Å². The second-order valence-electron chi connectivity index (χ2n) is 3.39. The highest BCUT2D eigenvalue weighted by atomic mass is 16.3. The molecule has 14 heavy (non-hydrogen) atoms. The van der Waals surface area contributed by atoms with Gasteiger partial charge in [0.25, 0.3) is 0 Å². The van der Waals surface area contributed by atoms with E-state index in [1.165, 1.54) is 11.3 Å². The predicted octanol–water partition coefficient (Wildman–Crippen LogP) is 2.20. The van der Waals surface area contributed by atoms with Crippen LogP contribution in [0, 0.1) is 6.92 Å². The van der Waals surface area contributed by atoms with Crippen LogP contribution in [-0.4, -0.2) is 24.3 Å². The van der Waals surface area contributed by atoms with E-state index in [0.29, 0.717) is 0 Å². The van der Waals surface area contributed by atoms with Gasteiger partial charge in [-0.1, -0.05) is 31.5 Å². The number of nitrogens with zero attached hydrogens (tertiary/aromatic N) is 1. The van der Waals surface area contributed by atoms with E-state index in [1.54, 1.807) is 0 Å².